The molecule has 0 radical (unpaired) electrons. The van der Waals surface area contributed by atoms with Crippen LogP contribution in [0.4, 0.5) is 0 Å². The van der Waals surface area contributed by atoms with Gasteiger partial charge < -0.3 is 5.11 Å². The van der Waals surface area contributed by atoms with Crippen molar-refractivity contribution in [1.29, 1.82) is 0 Å². The lowest BCUT2D eigenvalue weighted by molar-refractivity contribution is 0.268. The molecule has 0 aromatic heterocycles. The Kier molecular flexibility index (Phi) is 3.62. The highest BCUT2D eigenvalue weighted by Gasteiger charge is 1.89. The van der Waals surface area contributed by atoms with Gasteiger partial charge in [-0.25, -0.2) is 0 Å². The third-order valence-corrected chi connectivity index (χ3v) is 0.935. The number of hydrogen-bond acceptors (Lipinski definition) is 3. The first-order valence-electron chi connectivity index (χ1n) is 1.81. The summed E-state index contributed by atoms with van der Waals surface area (Å²) in [5, 5.41) is 8.22. The SMILES string of the molecule is C[C@H](CO)NS. The molecule has 0 saturated heterocycles. The van der Waals surface area contributed by atoms with Gasteiger partial charge in [-0.1, -0.05) is 12.8 Å². The summed E-state index contributed by atoms with van der Waals surface area (Å²) in [6.07, 6.45) is 0. The minimum atomic E-state index is 0.105. The summed E-state index contributed by atoms with van der Waals surface area (Å²) in [6.45, 7) is 1.98. The van der Waals surface area contributed by atoms with E-state index in [1.165, 1.54) is 0 Å². The van der Waals surface area contributed by atoms with Crippen molar-refractivity contribution in [3.8, 4) is 0 Å². The Balaban J connectivity index is 2.75. The van der Waals surface area contributed by atoms with Gasteiger partial charge in [-0.3, -0.25) is 4.72 Å². The quantitative estimate of drug-likeness (QED) is 0.427. The Hall–Kier alpha value is 0.270. The molecular formula is C3H9NOS. The zero-order chi connectivity index (χ0) is 4.99. The van der Waals surface area contributed by atoms with Crippen LogP contribution < -0.4 is 4.72 Å². The standard InChI is InChI=1S/C3H9NOS/c1-3(2-5)4-6/h3-6H,2H2,1H3/t3-/m1/s1. The Morgan fingerprint density at radius 2 is 2.50 bits per heavy atom. The van der Waals surface area contributed by atoms with E-state index >= 15 is 0 Å². The Morgan fingerprint density at radius 3 is 2.50 bits per heavy atom. The molecule has 0 unspecified atom stereocenters. The molecule has 38 valence electrons. The lowest BCUT2D eigenvalue weighted by atomic mass is 10.4. The van der Waals surface area contributed by atoms with Crippen molar-refractivity contribution in [1.82, 2.24) is 4.72 Å². The summed E-state index contributed by atoms with van der Waals surface area (Å²) < 4.78 is 2.56. The largest absolute Gasteiger partial charge is 0.395 e. The van der Waals surface area contributed by atoms with Gasteiger partial charge in [-0.2, -0.15) is 0 Å². The first kappa shape index (κ1) is 6.27. The van der Waals surface area contributed by atoms with Crippen LogP contribution in [0.1, 0.15) is 6.92 Å². The lowest BCUT2D eigenvalue weighted by Crippen LogP contribution is -2.19. The maximum atomic E-state index is 8.22. The van der Waals surface area contributed by atoms with Gasteiger partial charge in [-0.15, -0.1) is 0 Å². The molecule has 0 amide bonds. The maximum absolute atomic E-state index is 8.22. The second-order valence-electron chi connectivity index (χ2n) is 1.21. The summed E-state index contributed by atoms with van der Waals surface area (Å²) in [4.78, 5) is 0. The lowest BCUT2D eigenvalue weighted by Gasteiger charge is -2.00. The van der Waals surface area contributed by atoms with Gasteiger partial charge >= 0.3 is 0 Å². The highest BCUT2D eigenvalue weighted by molar-refractivity contribution is 7.78. The van der Waals surface area contributed by atoms with Crippen LogP contribution in [-0.2, 0) is 0 Å². The average Bonchev–Trinajstić information content (AvgIpc) is 1.65. The summed E-state index contributed by atoms with van der Waals surface area (Å²) in [6, 6.07) is 0.105. The van der Waals surface area contributed by atoms with Crippen LogP contribution in [-0.4, -0.2) is 17.8 Å². The fourth-order valence-corrected chi connectivity index (χ4v) is 0.122. The second-order valence-corrected chi connectivity index (χ2v) is 1.47. The number of aliphatic hydroxyl groups is 1. The van der Waals surface area contributed by atoms with Crippen molar-refractivity contribution in [2.75, 3.05) is 6.61 Å². The van der Waals surface area contributed by atoms with E-state index in [0.717, 1.165) is 0 Å². The van der Waals surface area contributed by atoms with E-state index in [2.05, 4.69) is 17.5 Å². The number of hydrogen-bond donors (Lipinski definition) is 3. The average molecular weight is 107 g/mol. The molecule has 6 heavy (non-hydrogen) atoms. The molecule has 1 atom stereocenters. The predicted molar refractivity (Wildman–Crippen MR) is 28.7 cm³/mol. The van der Waals surface area contributed by atoms with Gasteiger partial charge in [0.1, 0.15) is 0 Å². The molecule has 0 rings (SSSR count). The van der Waals surface area contributed by atoms with Gasteiger partial charge in [0.2, 0.25) is 0 Å². The van der Waals surface area contributed by atoms with Crippen molar-refractivity contribution < 1.29 is 5.11 Å². The Morgan fingerprint density at radius 1 is 2.00 bits per heavy atom. The minimum Gasteiger partial charge on any atom is -0.395 e. The van der Waals surface area contributed by atoms with Crippen LogP contribution in [0.2, 0.25) is 0 Å². The number of rotatable bonds is 2. The van der Waals surface area contributed by atoms with E-state index in [4.69, 9.17) is 5.11 Å². The molecular weight excluding hydrogens is 98.1 g/mol. The van der Waals surface area contributed by atoms with Crippen molar-refractivity contribution in [3.05, 3.63) is 0 Å². The maximum Gasteiger partial charge on any atom is 0.0590 e. The summed E-state index contributed by atoms with van der Waals surface area (Å²) >= 11 is 3.69. The molecule has 0 aliphatic heterocycles. The number of nitrogens with one attached hydrogen (secondary N) is 1. The molecule has 0 bridgehead atoms. The molecule has 0 aromatic rings. The zero-order valence-electron chi connectivity index (χ0n) is 3.68. The Labute approximate surface area is 43.1 Å². The third kappa shape index (κ3) is 2.50. The van der Waals surface area contributed by atoms with Gasteiger partial charge in [0.15, 0.2) is 0 Å². The van der Waals surface area contributed by atoms with Crippen LogP contribution >= 0.6 is 12.8 Å². The highest BCUT2D eigenvalue weighted by Crippen LogP contribution is 1.75. The monoisotopic (exact) mass is 107 g/mol. The second kappa shape index (κ2) is 3.46. The summed E-state index contributed by atoms with van der Waals surface area (Å²) in [5.41, 5.74) is 0. The van der Waals surface area contributed by atoms with Crippen LogP contribution in [0.15, 0.2) is 0 Å². The minimum absolute atomic E-state index is 0.105. The molecule has 0 saturated carbocycles. The fraction of sp³-hybridized carbons (Fsp3) is 1.00. The van der Waals surface area contributed by atoms with Crippen molar-refractivity contribution >= 4 is 12.8 Å². The van der Waals surface area contributed by atoms with Crippen LogP contribution in [0.5, 0.6) is 0 Å². The van der Waals surface area contributed by atoms with E-state index in [9.17, 15) is 0 Å². The van der Waals surface area contributed by atoms with E-state index in [-0.39, 0.29) is 12.6 Å². The third-order valence-electron chi connectivity index (χ3n) is 0.494. The Bertz CT molecular complexity index is 30.0. The van der Waals surface area contributed by atoms with Gasteiger partial charge in [0, 0.05) is 6.04 Å². The van der Waals surface area contributed by atoms with Gasteiger partial charge in [0.25, 0.3) is 0 Å². The van der Waals surface area contributed by atoms with Crippen LogP contribution in [0.25, 0.3) is 0 Å². The zero-order valence-corrected chi connectivity index (χ0v) is 4.57. The van der Waals surface area contributed by atoms with Crippen molar-refractivity contribution in [3.63, 3.8) is 0 Å². The van der Waals surface area contributed by atoms with Gasteiger partial charge in [0.05, 0.1) is 6.61 Å². The molecule has 0 aromatic carbocycles. The van der Waals surface area contributed by atoms with Gasteiger partial charge in [-0.05, 0) is 6.92 Å². The normalized spacial score (nSPS) is 14.5. The first-order chi connectivity index (χ1) is 2.81. The molecule has 2 N–H and O–H groups in total. The van der Waals surface area contributed by atoms with E-state index in [1.54, 1.807) is 0 Å². The van der Waals surface area contributed by atoms with Crippen LogP contribution in [0, 0.1) is 0 Å². The van der Waals surface area contributed by atoms with E-state index < -0.39 is 0 Å². The van der Waals surface area contributed by atoms with Crippen molar-refractivity contribution in [2.45, 2.75) is 13.0 Å². The van der Waals surface area contributed by atoms with Crippen LogP contribution in [0.3, 0.4) is 0 Å². The fourth-order valence-electron chi connectivity index (χ4n) is 0.0408. The molecule has 2 nitrogen and oxygen atoms in total. The summed E-state index contributed by atoms with van der Waals surface area (Å²) in [5.74, 6) is 0. The first-order valence-corrected chi connectivity index (χ1v) is 2.26. The highest BCUT2D eigenvalue weighted by atomic mass is 32.1. The molecule has 0 fully saturated rings. The number of thiol groups is 1. The van der Waals surface area contributed by atoms with E-state index in [0.29, 0.717) is 0 Å². The smallest absolute Gasteiger partial charge is 0.0590 e. The molecule has 0 aliphatic carbocycles. The number of aliphatic hydroxyl groups excluding tert-OH is 1. The molecule has 3 heteroatoms. The van der Waals surface area contributed by atoms with Crippen molar-refractivity contribution in [2.24, 2.45) is 0 Å². The van der Waals surface area contributed by atoms with E-state index in [1.807, 2.05) is 6.92 Å². The molecule has 0 aliphatic rings. The summed E-state index contributed by atoms with van der Waals surface area (Å²) in [7, 11) is 0. The molecule has 0 heterocycles. The molecule has 0 spiro atoms. The predicted octanol–water partition coefficient (Wildman–Crippen LogP) is -0.198. The topological polar surface area (TPSA) is 32.3 Å².